The predicted molar refractivity (Wildman–Crippen MR) is 88.7 cm³/mol. The fourth-order valence-electron chi connectivity index (χ4n) is 2.12. The predicted octanol–water partition coefficient (Wildman–Crippen LogP) is 4.55. The number of nitriles is 1. The monoisotopic (exact) mass is 293 g/mol. The van der Waals surface area contributed by atoms with E-state index in [0.29, 0.717) is 18.8 Å². The van der Waals surface area contributed by atoms with Gasteiger partial charge < -0.3 is 9.47 Å². The summed E-state index contributed by atoms with van der Waals surface area (Å²) in [7, 11) is 0. The Labute approximate surface area is 131 Å². The fourth-order valence-corrected chi connectivity index (χ4v) is 2.12. The molecule has 0 N–H and O–H groups in total. The van der Waals surface area contributed by atoms with Crippen LogP contribution in [0.3, 0.4) is 0 Å². The van der Waals surface area contributed by atoms with Gasteiger partial charge in [-0.3, -0.25) is 0 Å². The van der Waals surface area contributed by atoms with Gasteiger partial charge in [-0.2, -0.15) is 5.26 Å². The smallest absolute Gasteiger partial charge is 0.130 e. The van der Waals surface area contributed by atoms with Crippen LogP contribution in [0.25, 0.3) is 11.6 Å². The van der Waals surface area contributed by atoms with Gasteiger partial charge in [-0.25, -0.2) is 0 Å². The maximum absolute atomic E-state index is 9.42. The number of ether oxygens (including phenoxy) is 2. The molecule has 0 aliphatic heterocycles. The van der Waals surface area contributed by atoms with E-state index in [1.54, 1.807) is 0 Å². The van der Waals surface area contributed by atoms with Crippen LogP contribution in [-0.4, -0.2) is 13.2 Å². The normalized spacial score (nSPS) is 10.9. The van der Waals surface area contributed by atoms with Crippen molar-refractivity contribution >= 4 is 11.6 Å². The molecule has 2 aromatic rings. The number of benzene rings is 2. The van der Waals surface area contributed by atoms with Crippen molar-refractivity contribution in [2.45, 2.75) is 13.8 Å². The van der Waals surface area contributed by atoms with Gasteiger partial charge in [-0.1, -0.05) is 30.3 Å². The third-order valence-corrected chi connectivity index (χ3v) is 3.10. The van der Waals surface area contributed by atoms with E-state index in [1.807, 2.05) is 68.5 Å². The van der Waals surface area contributed by atoms with Crippen molar-refractivity contribution in [1.29, 1.82) is 5.26 Å². The highest BCUT2D eigenvalue weighted by atomic mass is 16.5. The van der Waals surface area contributed by atoms with Gasteiger partial charge in [0.2, 0.25) is 0 Å². The lowest BCUT2D eigenvalue weighted by atomic mass is 10.0. The first-order valence-corrected chi connectivity index (χ1v) is 7.35. The van der Waals surface area contributed by atoms with Crippen molar-refractivity contribution in [3.8, 4) is 17.6 Å². The van der Waals surface area contributed by atoms with E-state index in [2.05, 4.69) is 6.07 Å². The highest BCUT2D eigenvalue weighted by molar-refractivity contribution is 5.90. The molecule has 0 spiro atoms. The molecule has 112 valence electrons. The number of hydrogen-bond acceptors (Lipinski definition) is 3. The quantitative estimate of drug-likeness (QED) is 0.579. The van der Waals surface area contributed by atoms with Gasteiger partial charge >= 0.3 is 0 Å². The van der Waals surface area contributed by atoms with E-state index in [-0.39, 0.29) is 0 Å². The molecule has 0 amide bonds. The molecule has 3 heteroatoms. The van der Waals surface area contributed by atoms with Crippen molar-refractivity contribution < 1.29 is 9.47 Å². The van der Waals surface area contributed by atoms with Crippen molar-refractivity contribution in [2.24, 2.45) is 0 Å². The van der Waals surface area contributed by atoms with Crippen LogP contribution in [0, 0.1) is 11.3 Å². The second-order valence-electron chi connectivity index (χ2n) is 4.60. The van der Waals surface area contributed by atoms with Crippen molar-refractivity contribution in [1.82, 2.24) is 0 Å². The van der Waals surface area contributed by atoms with Gasteiger partial charge in [0.15, 0.2) is 0 Å². The molecule has 0 fully saturated rings. The number of nitrogens with zero attached hydrogens (tertiary/aromatic N) is 1. The lowest BCUT2D eigenvalue weighted by Crippen LogP contribution is -1.97. The zero-order valence-electron chi connectivity index (χ0n) is 12.9. The zero-order valence-corrected chi connectivity index (χ0v) is 12.9. The lowest BCUT2D eigenvalue weighted by molar-refractivity contribution is 0.322. The van der Waals surface area contributed by atoms with Gasteiger partial charge in [-0.05, 0) is 37.6 Å². The molecule has 0 aliphatic rings. The minimum Gasteiger partial charge on any atom is -0.494 e. The molecule has 0 saturated carbocycles. The maximum atomic E-state index is 9.42. The summed E-state index contributed by atoms with van der Waals surface area (Å²) in [4.78, 5) is 0. The highest BCUT2D eigenvalue weighted by Gasteiger charge is 2.07. The van der Waals surface area contributed by atoms with Crippen LogP contribution in [0.4, 0.5) is 0 Å². The first-order chi connectivity index (χ1) is 10.8. The summed E-state index contributed by atoms with van der Waals surface area (Å²) < 4.78 is 11.2. The Morgan fingerprint density at radius 1 is 1.05 bits per heavy atom. The summed E-state index contributed by atoms with van der Waals surface area (Å²) in [6.07, 6.45) is 1.84. The van der Waals surface area contributed by atoms with Gasteiger partial charge in [0.05, 0.1) is 24.9 Å². The van der Waals surface area contributed by atoms with E-state index in [0.717, 1.165) is 22.6 Å². The molecular weight excluding hydrogens is 274 g/mol. The second-order valence-corrected chi connectivity index (χ2v) is 4.60. The molecule has 0 aromatic heterocycles. The van der Waals surface area contributed by atoms with E-state index < -0.39 is 0 Å². The summed E-state index contributed by atoms with van der Waals surface area (Å²) in [5.41, 5.74) is 2.36. The van der Waals surface area contributed by atoms with Gasteiger partial charge in [-0.15, -0.1) is 0 Å². The number of hydrogen-bond donors (Lipinski definition) is 0. The topological polar surface area (TPSA) is 42.2 Å². The molecular formula is C19H19NO2. The summed E-state index contributed by atoms with van der Waals surface area (Å²) in [6.45, 7) is 5.04. The van der Waals surface area contributed by atoms with Crippen LogP contribution in [0.5, 0.6) is 11.5 Å². The summed E-state index contributed by atoms with van der Waals surface area (Å²) in [5.74, 6) is 1.48. The molecule has 0 saturated heterocycles. The van der Waals surface area contributed by atoms with Gasteiger partial charge in [0.25, 0.3) is 0 Å². The number of allylic oxidation sites excluding steroid dienone is 1. The Morgan fingerprint density at radius 3 is 2.41 bits per heavy atom. The minimum atomic E-state index is 0.559. The fraction of sp³-hybridized carbons (Fsp3) is 0.211. The van der Waals surface area contributed by atoms with Crippen LogP contribution < -0.4 is 9.47 Å². The van der Waals surface area contributed by atoms with Crippen LogP contribution >= 0.6 is 0 Å². The van der Waals surface area contributed by atoms with E-state index in [1.165, 1.54) is 0 Å². The Kier molecular flexibility index (Phi) is 5.62. The van der Waals surface area contributed by atoms with Crippen LogP contribution in [-0.2, 0) is 0 Å². The molecule has 2 aromatic carbocycles. The van der Waals surface area contributed by atoms with E-state index >= 15 is 0 Å². The van der Waals surface area contributed by atoms with Crippen LogP contribution in [0.15, 0.2) is 48.5 Å². The number of rotatable bonds is 6. The first-order valence-electron chi connectivity index (χ1n) is 7.35. The first kappa shape index (κ1) is 15.7. The Balaban J connectivity index is 2.42. The molecule has 0 unspecified atom stereocenters. The zero-order chi connectivity index (χ0) is 15.8. The van der Waals surface area contributed by atoms with Crippen molar-refractivity contribution in [3.05, 3.63) is 59.7 Å². The average molecular weight is 293 g/mol. The lowest BCUT2D eigenvalue weighted by Gasteiger charge is -2.11. The third kappa shape index (κ3) is 3.89. The summed E-state index contributed by atoms with van der Waals surface area (Å²) in [5, 5.41) is 9.42. The van der Waals surface area contributed by atoms with E-state index in [9.17, 15) is 5.26 Å². The third-order valence-electron chi connectivity index (χ3n) is 3.10. The SMILES string of the molecule is CCOc1ccc(/C=C(/C#N)c2ccccc2)c(OCC)c1. The maximum Gasteiger partial charge on any atom is 0.130 e. The van der Waals surface area contributed by atoms with Gasteiger partial charge in [0.1, 0.15) is 11.5 Å². The van der Waals surface area contributed by atoms with Gasteiger partial charge in [0, 0.05) is 11.6 Å². The molecule has 0 heterocycles. The minimum absolute atomic E-state index is 0.559. The van der Waals surface area contributed by atoms with E-state index in [4.69, 9.17) is 9.47 Å². The Morgan fingerprint density at radius 2 is 1.77 bits per heavy atom. The Bertz CT molecular complexity index is 684. The standard InChI is InChI=1S/C19H19NO2/c1-3-21-18-11-10-16(19(13-18)22-4-2)12-17(14-20)15-8-6-5-7-9-15/h5-13H,3-4H2,1-2H3/b17-12-. The summed E-state index contributed by atoms with van der Waals surface area (Å²) >= 11 is 0. The molecule has 2 rings (SSSR count). The largest absolute Gasteiger partial charge is 0.494 e. The molecule has 0 radical (unpaired) electrons. The highest BCUT2D eigenvalue weighted by Crippen LogP contribution is 2.29. The molecule has 3 nitrogen and oxygen atoms in total. The van der Waals surface area contributed by atoms with Crippen LogP contribution in [0.1, 0.15) is 25.0 Å². The summed E-state index contributed by atoms with van der Waals surface area (Å²) in [6, 6.07) is 17.5. The molecule has 0 aliphatic carbocycles. The van der Waals surface area contributed by atoms with Crippen molar-refractivity contribution in [2.75, 3.05) is 13.2 Å². The van der Waals surface area contributed by atoms with Crippen molar-refractivity contribution in [3.63, 3.8) is 0 Å². The molecule has 0 bridgehead atoms. The second kappa shape index (κ2) is 7.90. The van der Waals surface area contributed by atoms with Crippen LogP contribution in [0.2, 0.25) is 0 Å². The average Bonchev–Trinajstić information content (AvgIpc) is 2.55. The molecule has 22 heavy (non-hydrogen) atoms. The molecule has 0 atom stereocenters. The Hall–Kier alpha value is -2.73.